The average Bonchev–Trinajstić information content (AvgIpc) is 3.60. The molecule has 1 heteroatoms. The maximum atomic E-state index is 6.63. The maximum Gasteiger partial charge on any atom is 0.126 e. The fourth-order valence-electron chi connectivity index (χ4n) is 15.4. The minimum atomic E-state index is 0.596. The molecule has 1 aliphatic heterocycles. The standard InChI is InChI=1S/C50H70O/c1-3-12-33(13-4-1)35-22-26-37(27-23-35)48-41-16-7-8-17-42(41)49(38-28-24-36(25-29-38)34-14-5-2-6-15-34)45-32-39(30-31-43(45)48)40-19-11-21-47-50(40)44-18-9-10-20-46(44)51-47/h1,3,10,20-21,24,33-35,37-42,45,49-50H,2,4-9,11-19,22-23,25-32H2. The molecule has 10 rings (SSSR count). The summed E-state index contributed by atoms with van der Waals surface area (Å²) in [5, 5.41) is 0. The second-order valence-corrected chi connectivity index (χ2v) is 19.8. The Labute approximate surface area is 312 Å². The molecule has 0 aromatic rings. The van der Waals surface area contributed by atoms with E-state index in [1.54, 1.807) is 12.0 Å². The molecule has 0 aromatic carbocycles. The minimum Gasteiger partial charge on any atom is -0.461 e. The van der Waals surface area contributed by atoms with Crippen LogP contribution in [-0.2, 0) is 4.74 Å². The van der Waals surface area contributed by atoms with E-state index in [-0.39, 0.29) is 0 Å². The van der Waals surface area contributed by atoms with E-state index >= 15 is 0 Å². The Morgan fingerprint density at radius 3 is 2.22 bits per heavy atom. The van der Waals surface area contributed by atoms with E-state index in [1.807, 2.05) is 5.57 Å². The molecule has 9 atom stereocenters. The Morgan fingerprint density at radius 2 is 1.37 bits per heavy atom. The van der Waals surface area contributed by atoms with Gasteiger partial charge in [0.2, 0.25) is 0 Å². The smallest absolute Gasteiger partial charge is 0.126 e. The van der Waals surface area contributed by atoms with Gasteiger partial charge in [-0.25, -0.2) is 0 Å². The molecule has 0 spiro atoms. The van der Waals surface area contributed by atoms with Crippen molar-refractivity contribution in [3.63, 3.8) is 0 Å². The molecular formula is C50H70O. The zero-order valence-electron chi connectivity index (χ0n) is 32.2. The van der Waals surface area contributed by atoms with Crippen molar-refractivity contribution in [3.8, 4) is 0 Å². The lowest BCUT2D eigenvalue weighted by molar-refractivity contribution is 0.0274. The Balaban J connectivity index is 0.965. The Hall–Kier alpha value is -1.76. The minimum absolute atomic E-state index is 0.596. The SMILES string of the molecule is C1=CC2=C(CC1)C1C(=CCCC1C1CCC3=C(C4CCC(C5CC=CCC5)CC4)C4CCCCC4C(C4CC=C(C5CCCCC5)CC4)C3C1)O2. The van der Waals surface area contributed by atoms with Gasteiger partial charge < -0.3 is 4.74 Å². The van der Waals surface area contributed by atoms with Gasteiger partial charge in [-0.05, 0) is 218 Å². The van der Waals surface area contributed by atoms with Gasteiger partial charge in [0.25, 0.3) is 0 Å². The number of hydrogen-bond donors (Lipinski definition) is 0. The topological polar surface area (TPSA) is 9.23 Å². The van der Waals surface area contributed by atoms with E-state index in [0.717, 1.165) is 65.1 Å². The van der Waals surface area contributed by atoms with Gasteiger partial charge in [-0.15, -0.1) is 0 Å². The molecule has 276 valence electrons. The zero-order valence-corrected chi connectivity index (χ0v) is 32.2. The Bertz CT molecular complexity index is 1470. The summed E-state index contributed by atoms with van der Waals surface area (Å²) < 4.78 is 6.63. The van der Waals surface area contributed by atoms with Gasteiger partial charge in [-0.2, -0.15) is 0 Å². The van der Waals surface area contributed by atoms with Crippen LogP contribution in [0.4, 0.5) is 0 Å². The van der Waals surface area contributed by atoms with Crippen LogP contribution in [0.5, 0.6) is 0 Å². The molecule has 51 heavy (non-hydrogen) atoms. The summed E-state index contributed by atoms with van der Waals surface area (Å²) in [6.45, 7) is 0. The monoisotopic (exact) mass is 687 g/mol. The molecule has 0 bridgehead atoms. The van der Waals surface area contributed by atoms with Gasteiger partial charge in [0.1, 0.15) is 11.5 Å². The van der Waals surface area contributed by atoms with Crippen LogP contribution in [0, 0.1) is 71.0 Å². The van der Waals surface area contributed by atoms with E-state index < -0.39 is 0 Å². The summed E-state index contributed by atoms with van der Waals surface area (Å²) in [6, 6.07) is 0. The van der Waals surface area contributed by atoms with Gasteiger partial charge >= 0.3 is 0 Å². The fourth-order valence-corrected chi connectivity index (χ4v) is 15.4. The van der Waals surface area contributed by atoms with E-state index in [9.17, 15) is 0 Å². The van der Waals surface area contributed by atoms with Crippen molar-refractivity contribution in [1.82, 2.24) is 0 Å². The van der Waals surface area contributed by atoms with Crippen LogP contribution >= 0.6 is 0 Å². The third-order valence-corrected chi connectivity index (χ3v) is 17.6. The quantitative estimate of drug-likeness (QED) is 0.262. The lowest BCUT2D eigenvalue weighted by atomic mass is 9.49. The molecule has 4 fully saturated rings. The van der Waals surface area contributed by atoms with Crippen LogP contribution in [0.25, 0.3) is 0 Å². The zero-order chi connectivity index (χ0) is 33.7. The highest BCUT2D eigenvalue weighted by molar-refractivity contribution is 5.39. The molecule has 1 heterocycles. The van der Waals surface area contributed by atoms with Gasteiger partial charge in [0.15, 0.2) is 0 Å². The summed E-state index contributed by atoms with van der Waals surface area (Å²) in [5.41, 5.74) is 7.81. The predicted molar refractivity (Wildman–Crippen MR) is 212 cm³/mol. The molecule has 0 N–H and O–H groups in total. The van der Waals surface area contributed by atoms with Crippen molar-refractivity contribution in [1.29, 1.82) is 0 Å². The first-order valence-corrected chi connectivity index (χ1v) is 23.1. The third-order valence-electron chi connectivity index (χ3n) is 17.6. The van der Waals surface area contributed by atoms with Crippen LogP contribution in [-0.4, -0.2) is 0 Å². The van der Waals surface area contributed by atoms with Crippen LogP contribution in [0.1, 0.15) is 167 Å². The first-order chi connectivity index (χ1) is 25.3. The molecule has 0 aromatic heterocycles. The third kappa shape index (κ3) is 6.37. The highest BCUT2D eigenvalue weighted by Crippen LogP contribution is 2.62. The Kier molecular flexibility index (Phi) is 9.81. The molecule has 0 amide bonds. The van der Waals surface area contributed by atoms with Crippen molar-refractivity contribution in [2.75, 3.05) is 0 Å². The summed E-state index contributed by atoms with van der Waals surface area (Å²) in [4.78, 5) is 0. The normalized spacial score (nSPS) is 43.0. The second kappa shape index (κ2) is 14.8. The van der Waals surface area contributed by atoms with Crippen molar-refractivity contribution >= 4 is 0 Å². The first kappa shape index (κ1) is 33.8. The van der Waals surface area contributed by atoms with Crippen LogP contribution in [0.3, 0.4) is 0 Å². The summed E-state index contributed by atoms with van der Waals surface area (Å²) >= 11 is 0. The molecule has 10 aliphatic rings. The number of allylic oxidation sites excluding steroid dienone is 10. The van der Waals surface area contributed by atoms with Gasteiger partial charge in [-0.3, -0.25) is 0 Å². The molecular weight excluding hydrogens is 617 g/mol. The molecule has 9 aliphatic carbocycles. The van der Waals surface area contributed by atoms with Crippen LogP contribution in [0.15, 0.2) is 70.3 Å². The summed E-state index contributed by atoms with van der Waals surface area (Å²) in [5.74, 6) is 13.4. The second-order valence-electron chi connectivity index (χ2n) is 19.8. The lowest BCUT2D eigenvalue weighted by Crippen LogP contribution is -2.47. The molecule has 4 saturated carbocycles. The van der Waals surface area contributed by atoms with E-state index in [0.29, 0.717) is 5.92 Å². The number of rotatable bonds is 5. The molecule has 0 radical (unpaired) electrons. The predicted octanol–water partition coefficient (Wildman–Crippen LogP) is 14.1. The average molecular weight is 687 g/mol. The van der Waals surface area contributed by atoms with Crippen molar-refractivity contribution < 1.29 is 4.74 Å². The van der Waals surface area contributed by atoms with Crippen molar-refractivity contribution in [2.24, 2.45) is 71.0 Å². The summed E-state index contributed by atoms with van der Waals surface area (Å²) in [6.07, 6.45) is 52.7. The van der Waals surface area contributed by atoms with E-state index in [4.69, 9.17) is 4.74 Å². The van der Waals surface area contributed by atoms with Gasteiger partial charge in [-0.1, -0.05) is 73.1 Å². The molecule has 9 unspecified atom stereocenters. The van der Waals surface area contributed by atoms with Crippen LogP contribution < -0.4 is 0 Å². The maximum absolute atomic E-state index is 6.63. The number of fused-ring (bicyclic) bond motifs is 4. The van der Waals surface area contributed by atoms with Crippen molar-refractivity contribution in [3.05, 3.63) is 70.3 Å². The van der Waals surface area contributed by atoms with Gasteiger partial charge in [0, 0.05) is 5.92 Å². The number of ether oxygens (including phenoxy) is 1. The Morgan fingerprint density at radius 1 is 0.510 bits per heavy atom. The van der Waals surface area contributed by atoms with Gasteiger partial charge in [0.05, 0.1) is 0 Å². The lowest BCUT2D eigenvalue weighted by Gasteiger charge is -2.56. The fraction of sp³-hybridized carbons (Fsp3) is 0.760. The molecule has 0 saturated heterocycles. The van der Waals surface area contributed by atoms with Crippen LogP contribution in [0.2, 0.25) is 0 Å². The van der Waals surface area contributed by atoms with E-state index in [1.165, 1.54) is 172 Å². The number of hydrogen-bond acceptors (Lipinski definition) is 1. The molecule has 1 nitrogen and oxygen atoms in total. The van der Waals surface area contributed by atoms with E-state index in [2.05, 4.69) is 47.6 Å². The first-order valence-electron chi connectivity index (χ1n) is 23.1. The highest BCUT2D eigenvalue weighted by Gasteiger charge is 2.53. The largest absolute Gasteiger partial charge is 0.461 e. The van der Waals surface area contributed by atoms with Crippen molar-refractivity contribution in [2.45, 2.75) is 167 Å². The highest BCUT2D eigenvalue weighted by atomic mass is 16.5. The summed E-state index contributed by atoms with van der Waals surface area (Å²) in [7, 11) is 0.